The van der Waals surface area contributed by atoms with E-state index in [1.54, 1.807) is 62.6 Å². The van der Waals surface area contributed by atoms with Gasteiger partial charge < -0.3 is 14.8 Å². The fraction of sp³-hybridized carbons (Fsp3) is 0.160. The second-order valence-electron chi connectivity index (χ2n) is 7.54. The van der Waals surface area contributed by atoms with Crippen molar-refractivity contribution in [3.05, 3.63) is 90.0 Å². The number of urea groups is 1. The van der Waals surface area contributed by atoms with Crippen molar-refractivity contribution in [2.24, 2.45) is 0 Å². The number of nitrogens with zero attached hydrogens (tertiary/aromatic N) is 1. The molecule has 3 aromatic rings. The molecule has 1 heterocycles. The molecular weight excluding hydrogens is 408 g/mol. The number of para-hydroxylation sites is 1. The summed E-state index contributed by atoms with van der Waals surface area (Å²) >= 11 is 0. The molecule has 1 atom stereocenters. The van der Waals surface area contributed by atoms with E-state index in [4.69, 9.17) is 9.47 Å². The molecule has 4 rings (SSSR count). The first-order chi connectivity index (χ1) is 15.4. The number of hydrogen-bond acceptors (Lipinski definition) is 5. The number of ketones is 1. The van der Waals surface area contributed by atoms with Crippen LogP contribution in [0.4, 0.5) is 4.79 Å². The van der Waals surface area contributed by atoms with Gasteiger partial charge in [0.15, 0.2) is 5.78 Å². The van der Waals surface area contributed by atoms with Crippen LogP contribution in [0.5, 0.6) is 17.2 Å². The normalized spacial score (nSPS) is 17.8. The first kappa shape index (κ1) is 21.1. The SMILES string of the molecule is COc1ccc(C2(C)NC(=O)N(CC(=O)c3ccc(Oc4ccccc4)cc3)C2=O)cc1. The molecule has 0 saturated carbocycles. The number of methoxy groups -OCH3 is 1. The van der Waals surface area contributed by atoms with Crippen molar-refractivity contribution in [2.45, 2.75) is 12.5 Å². The average Bonchev–Trinajstić information content (AvgIpc) is 3.04. The highest BCUT2D eigenvalue weighted by atomic mass is 16.5. The summed E-state index contributed by atoms with van der Waals surface area (Å²) < 4.78 is 10.9. The number of benzene rings is 3. The number of nitrogens with one attached hydrogen (secondary N) is 1. The Morgan fingerprint density at radius 2 is 1.47 bits per heavy atom. The van der Waals surface area contributed by atoms with E-state index in [1.807, 2.05) is 30.3 Å². The number of imide groups is 1. The summed E-state index contributed by atoms with van der Waals surface area (Å²) in [5.41, 5.74) is -0.269. The van der Waals surface area contributed by atoms with Crippen LogP contribution in [0.15, 0.2) is 78.9 Å². The van der Waals surface area contributed by atoms with Crippen LogP contribution in [0, 0.1) is 0 Å². The van der Waals surface area contributed by atoms with E-state index in [0.29, 0.717) is 28.4 Å². The highest BCUT2D eigenvalue weighted by Gasteiger charge is 2.49. The number of ether oxygens (including phenoxy) is 2. The average molecular weight is 430 g/mol. The fourth-order valence-corrected chi connectivity index (χ4v) is 3.53. The lowest BCUT2D eigenvalue weighted by Gasteiger charge is -2.22. The number of carbonyl (C=O) groups is 3. The minimum absolute atomic E-state index is 0.348. The summed E-state index contributed by atoms with van der Waals surface area (Å²) in [4.78, 5) is 39.3. The Morgan fingerprint density at radius 1 is 0.875 bits per heavy atom. The molecule has 0 spiro atoms. The molecule has 1 N–H and O–H groups in total. The van der Waals surface area contributed by atoms with Crippen molar-refractivity contribution in [3.8, 4) is 17.2 Å². The summed E-state index contributed by atoms with van der Waals surface area (Å²) in [7, 11) is 1.55. The largest absolute Gasteiger partial charge is 0.497 e. The predicted octanol–water partition coefficient (Wildman–Crippen LogP) is 4.14. The highest BCUT2D eigenvalue weighted by molar-refractivity contribution is 6.11. The molecule has 3 amide bonds. The van der Waals surface area contributed by atoms with E-state index in [-0.39, 0.29) is 12.3 Å². The molecule has 0 radical (unpaired) electrons. The van der Waals surface area contributed by atoms with Gasteiger partial charge in [0.2, 0.25) is 0 Å². The van der Waals surface area contributed by atoms with E-state index in [1.165, 1.54) is 0 Å². The Bertz CT molecular complexity index is 1140. The van der Waals surface area contributed by atoms with E-state index >= 15 is 0 Å². The third-order valence-corrected chi connectivity index (χ3v) is 5.40. The van der Waals surface area contributed by atoms with Crippen molar-refractivity contribution in [1.29, 1.82) is 0 Å². The van der Waals surface area contributed by atoms with E-state index in [2.05, 4.69) is 5.32 Å². The molecule has 1 aliphatic heterocycles. The molecule has 1 aliphatic rings. The number of carbonyl (C=O) groups excluding carboxylic acids is 3. The molecule has 1 unspecified atom stereocenters. The van der Waals surface area contributed by atoms with Gasteiger partial charge in [-0.1, -0.05) is 30.3 Å². The van der Waals surface area contributed by atoms with Gasteiger partial charge >= 0.3 is 6.03 Å². The van der Waals surface area contributed by atoms with Gasteiger partial charge in [-0.2, -0.15) is 0 Å². The molecule has 162 valence electrons. The van der Waals surface area contributed by atoms with Gasteiger partial charge in [0.05, 0.1) is 13.7 Å². The second kappa shape index (κ2) is 8.55. The molecule has 7 nitrogen and oxygen atoms in total. The summed E-state index contributed by atoms with van der Waals surface area (Å²) in [6.45, 7) is 1.27. The van der Waals surface area contributed by atoms with Gasteiger partial charge in [0.1, 0.15) is 22.8 Å². The van der Waals surface area contributed by atoms with Crippen LogP contribution in [0.1, 0.15) is 22.8 Å². The molecule has 1 fully saturated rings. The minimum Gasteiger partial charge on any atom is -0.497 e. The maximum atomic E-state index is 13.1. The van der Waals surface area contributed by atoms with E-state index < -0.39 is 17.5 Å². The van der Waals surface area contributed by atoms with Crippen LogP contribution in [0.2, 0.25) is 0 Å². The molecular formula is C25H22N2O5. The molecule has 32 heavy (non-hydrogen) atoms. The molecule has 0 bridgehead atoms. The van der Waals surface area contributed by atoms with E-state index in [9.17, 15) is 14.4 Å². The number of hydrogen-bond donors (Lipinski definition) is 1. The van der Waals surface area contributed by atoms with Crippen molar-refractivity contribution >= 4 is 17.7 Å². The monoisotopic (exact) mass is 430 g/mol. The smallest absolute Gasteiger partial charge is 0.325 e. The van der Waals surface area contributed by atoms with Crippen LogP contribution in [0.3, 0.4) is 0 Å². The Hall–Kier alpha value is -4.13. The summed E-state index contributed by atoms with van der Waals surface area (Å²) in [5.74, 6) is 1.07. The van der Waals surface area contributed by atoms with Crippen LogP contribution < -0.4 is 14.8 Å². The Labute approximate surface area is 185 Å². The quantitative estimate of drug-likeness (QED) is 0.450. The standard InChI is InChI=1S/C25H22N2O5/c1-25(18-10-14-19(31-2)15-11-18)23(29)27(24(30)26-25)16-22(28)17-8-12-21(13-9-17)32-20-6-4-3-5-7-20/h3-15H,16H2,1-2H3,(H,26,30). The fourth-order valence-electron chi connectivity index (χ4n) is 3.53. The zero-order valence-corrected chi connectivity index (χ0v) is 17.7. The van der Waals surface area contributed by atoms with Gasteiger partial charge in [-0.3, -0.25) is 14.5 Å². The predicted molar refractivity (Wildman–Crippen MR) is 118 cm³/mol. The minimum atomic E-state index is -1.25. The van der Waals surface area contributed by atoms with Gasteiger partial charge in [0.25, 0.3) is 5.91 Å². The lowest BCUT2D eigenvalue weighted by molar-refractivity contribution is -0.130. The van der Waals surface area contributed by atoms with Crippen LogP contribution >= 0.6 is 0 Å². The number of amides is 3. The Morgan fingerprint density at radius 3 is 2.09 bits per heavy atom. The number of rotatable bonds is 7. The zero-order valence-electron chi connectivity index (χ0n) is 17.7. The lowest BCUT2D eigenvalue weighted by Crippen LogP contribution is -2.41. The number of Topliss-reactive ketones (excluding diaryl/α,β-unsaturated/α-hetero) is 1. The van der Waals surface area contributed by atoms with Crippen LogP contribution in [0.25, 0.3) is 0 Å². The summed E-state index contributed by atoms with van der Waals surface area (Å²) in [6.07, 6.45) is 0. The van der Waals surface area contributed by atoms with Crippen molar-refractivity contribution < 1.29 is 23.9 Å². The third kappa shape index (κ3) is 4.05. The summed E-state index contributed by atoms with van der Waals surface area (Å²) in [6, 6.07) is 22.1. The molecule has 1 saturated heterocycles. The van der Waals surface area contributed by atoms with Crippen LogP contribution in [-0.2, 0) is 10.3 Å². The third-order valence-electron chi connectivity index (χ3n) is 5.40. The van der Waals surface area contributed by atoms with Crippen LogP contribution in [-0.4, -0.2) is 36.3 Å². The highest BCUT2D eigenvalue weighted by Crippen LogP contribution is 2.30. The van der Waals surface area contributed by atoms with Gasteiger partial charge in [0, 0.05) is 5.56 Å². The molecule has 0 aliphatic carbocycles. The molecule has 3 aromatic carbocycles. The molecule has 0 aromatic heterocycles. The first-order valence-electron chi connectivity index (χ1n) is 10.1. The maximum Gasteiger partial charge on any atom is 0.325 e. The lowest BCUT2D eigenvalue weighted by atomic mass is 9.92. The molecule has 7 heteroatoms. The van der Waals surface area contributed by atoms with Gasteiger partial charge in [-0.05, 0) is 61.0 Å². The van der Waals surface area contributed by atoms with Crippen molar-refractivity contribution in [3.63, 3.8) is 0 Å². The summed E-state index contributed by atoms with van der Waals surface area (Å²) in [5, 5.41) is 2.70. The Balaban J connectivity index is 1.45. The van der Waals surface area contributed by atoms with Gasteiger partial charge in [-0.15, -0.1) is 0 Å². The van der Waals surface area contributed by atoms with Crippen molar-refractivity contribution in [1.82, 2.24) is 10.2 Å². The van der Waals surface area contributed by atoms with Gasteiger partial charge in [-0.25, -0.2) is 4.79 Å². The second-order valence-corrected chi connectivity index (χ2v) is 7.54. The topological polar surface area (TPSA) is 84.9 Å². The van der Waals surface area contributed by atoms with E-state index in [0.717, 1.165) is 4.90 Å². The van der Waals surface area contributed by atoms with Crippen molar-refractivity contribution in [2.75, 3.05) is 13.7 Å². The first-order valence-corrected chi connectivity index (χ1v) is 10.1. The maximum absolute atomic E-state index is 13.1. The zero-order chi connectivity index (χ0) is 22.7. The Kier molecular flexibility index (Phi) is 5.64.